The topological polar surface area (TPSA) is 71.5 Å². The van der Waals surface area contributed by atoms with Crippen LogP contribution in [0.25, 0.3) is 0 Å². The Balaban J connectivity index is 2.37. The number of hydrogen-bond acceptors (Lipinski definition) is 4. The van der Waals surface area contributed by atoms with Crippen LogP contribution in [0.2, 0.25) is 0 Å². The van der Waals surface area contributed by atoms with Crippen molar-refractivity contribution in [3.05, 3.63) is 23.9 Å². The third-order valence-corrected chi connectivity index (χ3v) is 2.89. The molecule has 0 spiro atoms. The minimum atomic E-state index is -0.772. The summed E-state index contributed by atoms with van der Waals surface area (Å²) in [5.74, 6) is -0.154. The highest BCUT2D eigenvalue weighted by Gasteiger charge is 2.25. The summed E-state index contributed by atoms with van der Waals surface area (Å²) >= 11 is 0. The van der Waals surface area contributed by atoms with Gasteiger partial charge in [0, 0.05) is 12.6 Å². The molecule has 1 aromatic rings. The van der Waals surface area contributed by atoms with Crippen molar-refractivity contribution in [2.24, 2.45) is 5.41 Å². The molecule has 2 N–H and O–H groups in total. The van der Waals surface area contributed by atoms with Gasteiger partial charge in [-0.1, -0.05) is 6.07 Å². The van der Waals surface area contributed by atoms with E-state index >= 15 is 0 Å². The second kappa shape index (κ2) is 7.09. The lowest BCUT2D eigenvalue weighted by Gasteiger charge is -2.18. The first-order chi connectivity index (χ1) is 8.95. The minimum absolute atomic E-state index is 0.577. The first-order valence-corrected chi connectivity index (χ1v) is 6.48. The second-order valence-electron chi connectivity index (χ2n) is 5.02. The highest BCUT2D eigenvalue weighted by atomic mass is 16.5. The summed E-state index contributed by atoms with van der Waals surface area (Å²) in [5, 5.41) is 12.2. The fourth-order valence-corrected chi connectivity index (χ4v) is 1.51. The number of pyridine rings is 1. The van der Waals surface area contributed by atoms with Gasteiger partial charge >= 0.3 is 5.97 Å². The van der Waals surface area contributed by atoms with Gasteiger partial charge in [0.1, 0.15) is 0 Å². The third-order valence-electron chi connectivity index (χ3n) is 2.89. The van der Waals surface area contributed by atoms with E-state index in [0.29, 0.717) is 32.0 Å². The number of nitrogens with zero attached hydrogens (tertiary/aromatic N) is 1. The number of rotatable bonds is 8. The number of hydrogen-bond donors (Lipinski definition) is 2. The first kappa shape index (κ1) is 15.4. The second-order valence-corrected chi connectivity index (χ2v) is 5.02. The molecule has 0 radical (unpaired) electrons. The maximum atomic E-state index is 10.9. The zero-order valence-corrected chi connectivity index (χ0v) is 11.8. The molecule has 1 rings (SSSR count). The fraction of sp³-hybridized carbons (Fsp3) is 0.571. The zero-order chi connectivity index (χ0) is 14.3. The van der Waals surface area contributed by atoms with Gasteiger partial charge in [-0.05, 0) is 39.8 Å². The Kier molecular flexibility index (Phi) is 5.76. The summed E-state index contributed by atoms with van der Waals surface area (Å²) < 4.78 is 5.32. The van der Waals surface area contributed by atoms with E-state index in [1.165, 1.54) is 0 Å². The molecule has 106 valence electrons. The van der Waals surface area contributed by atoms with Gasteiger partial charge in [-0.25, -0.2) is 4.98 Å². The summed E-state index contributed by atoms with van der Waals surface area (Å²) in [6, 6.07) is 5.63. The van der Waals surface area contributed by atoms with Crippen LogP contribution in [0.3, 0.4) is 0 Å². The van der Waals surface area contributed by atoms with Crippen LogP contribution in [0.1, 0.15) is 32.9 Å². The SMILES string of the molecule is CCOc1cccc(CNCCC(C)(C)C(=O)O)n1. The van der Waals surface area contributed by atoms with Gasteiger partial charge in [0.15, 0.2) is 0 Å². The molecule has 19 heavy (non-hydrogen) atoms. The van der Waals surface area contributed by atoms with Crippen LogP contribution < -0.4 is 10.1 Å². The van der Waals surface area contributed by atoms with Crippen LogP contribution in [0.15, 0.2) is 18.2 Å². The number of ether oxygens (including phenoxy) is 1. The highest BCUT2D eigenvalue weighted by Crippen LogP contribution is 2.19. The largest absolute Gasteiger partial charge is 0.481 e. The molecule has 5 heteroatoms. The number of aliphatic carboxylic acids is 1. The predicted octanol–water partition coefficient (Wildman–Crippen LogP) is 2.07. The summed E-state index contributed by atoms with van der Waals surface area (Å²) in [4.78, 5) is 15.3. The molecule has 0 fully saturated rings. The van der Waals surface area contributed by atoms with Crippen molar-refractivity contribution in [2.45, 2.75) is 33.7 Å². The lowest BCUT2D eigenvalue weighted by molar-refractivity contribution is -0.147. The molecule has 1 aromatic heterocycles. The first-order valence-electron chi connectivity index (χ1n) is 6.48. The summed E-state index contributed by atoms with van der Waals surface area (Å²) in [7, 11) is 0. The minimum Gasteiger partial charge on any atom is -0.481 e. The Labute approximate surface area is 114 Å². The molecule has 5 nitrogen and oxygen atoms in total. The van der Waals surface area contributed by atoms with Crippen LogP contribution in [-0.2, 0) is 11.3 Å². The Morgan fingerprint density at radius 1 is 1.47 bits per heavy atom. The standard InChI is InChI=1S/C14H22N2O3/c1-4-19-12-7-5-6-11(16-12)10-15-9-8-14(2,3)13(17)18/h5-7,15H,4,8-10H2,1-3H3,(H,17,18). The quantitative estimate of drug-likeness (QED) is 0.705. The normalized spacial score (nSPS) is 11.3. The summed E-state index contributed by atoms with van der Waals surface area (Å²) in [6.07, 6.45) is 0.577. The number of carbonyl (C=O) groups is 1. The van der Waals surface area contributed by atoms with Crippen molar-refractivity contribution in [1.29, 1.82) is 0 Å². The van der Waals surface area contributed by atoms with Gasteiger partial charge in [-0.15, -0.1) is 0 Å². The molecule has 0 aliphatic carbocycles. The molecule has 0 atom stereocenters. The molecule has 0 unspecified atom stereocenters. The van der Waals surface area contributed by atoms with E-state index < -0.39 is 11.4 Å². The number of aromatic nitrogens is 1. The molecular weight excluding hydrogens is 244 g/mol. The van der Waals surface area contributed by atoms with Crippen molar-refractivity contribution in [2.75, 3.05) is 13.2 Å². The van der Waals surface area contributed by atoms with Gasteiger partial charge in [0.2, 0.25) is 5.88 Å². The molecule has 0 saturated carbocycles. The van der Waals surface area contributed by atoms with E-state index in [0.717, 1.165) is 5.69 Å². The Morgan fingerprint density at radius 3 is 2.84 bits per heavy atom. The number of nitrogens with one attached hydrogen (secondary N) is 1. The van der Waals surface area contributed by atoms with Gasteiger partial charge in [-0.3, -0.25) is 4.79 Å². The molecule has 0 aromatic carbocycles. The molecule has 0 saturated heterocycles. The monoisotopic (exact) mass is 266 g/mol. The smallest absolute Gasteiger partial charge is 0.309 e. The number of carboxylic acids is 1. The van der Waals surface area contributed by atoms with Crippen molar-refractivity contribution in [3.63, 3.8) is 0 Å². The van der Waals surface area contributed by atoms with Crippen LogP contribution in [0, 0.1) is 5.41 Å². The Morgan fingerprint density at radius 2 is 2.21 bits per heavy atom. The average molecular weight is 266 g/mol. The van der Waals surface area contributed by atoms with Crippen molar-refractivity contribution >= 4 is 5.97 Å². The lowest BCUT2D eigenvalue weighted by Crippen LogP contribution is -2.29. The molecule has 0 aliphatic rings. The van der Waals surface area contributed by atoms with Crippen LogP contribution >= 0.6 is 0 Å². The van der Waals surface area contributed by atoms with Gasteiger partial charge in [0.25, 0.3) is 0 Å². The van der Waals surface area contributed by atoms with E-state index in [-0.39, 0.29) is 0 Å². The number of carboxylic acid groups (broad SMARTS) is 1. The maximum absolute atomic E-state index is 10.9. The maximum Gasteiger partial charge on any atom is 0.309 e. The van der Waals surface area contributed by atoms with Gasteiger partial charge in [-0.2, -0.15) is 0 Å². The summed E-state index contributed by atoms with van der Waals surface area (Å²) in [5.41, 5.74) is 0.187. The van der Waals surface area contributed by atoms with Gasteiger partial charge in [0.05, 0.1) is 17.7 Å². The van der Waals surface area contributed by atoms with E-state index in [1.807, 2.05) is 25.1 Å². The van der Waals surface area contributed by atoms with Crippen LogP contribution in [0.4, 0.5) is 0 Å². The summed E-state index contributed by atoms with van der Waals surface area (Å²) in [6.45, 7) is 7.21. The van der Waals surface area contributed by atoms with Crippen molar-refractivity contribution < 1.29 is 14.6 Å². The van der Waals surface area contributed by atoms with Crippen molar-refractivity contribution in [3.8, 4) is 5.88 Å². The van der Waals surface area contributed by atoms with Gasteiger partial charge < -0.3 is 15.2 Å². The zero-order valence-electron chi connectivity index (χ0n) is 11.8. The third kappa shape index (κ3) is 5.26. The molecule has 0 amide bonds. The highest BCUT2D eigenvalue weighted by molar-refractivity contribution is 5.73. The Bertz CT molecular complexity index is 419. The lowest BCUT2D eigenvalue weighted by atomic mass is 9.90. The van der Waals surface area contributed by atoms with Crippen LogP contribution in [-0.4, -0.2) is 29.2 Å². The molecule has 0 aliphatic heterocycles. The molecule has 1 heterocycles. The van der Waals surface area contributed by atoms with E-state index in [1.54, 1.807) is 13.8 Å². The predicted molar refractivity (Wildman–Crippen MR) is 73.1 cm³/mol. The molecular formula is C14H22N2O3. The van der Waals surface area contributed by atoms with Crippen molar-refractivity contribution in [1.82, 2.24) is 10.3 Å². The van der Waals surface area contributed by atoms with E-state index in [9.17, 15) is 4.79 Å². The van der Waals surface area contributed by atoms with E-state index in [4.69, 9.17) is 9.84 Å². The Hall–Kier alpha value is -1.62. The average Bonchev–Trinajstić information content (AvgIpc) is 2.35. The molecule has 0 bridgehead atoms. The van der Waals surface area contributed by atoms with Crippen LogP contribution in [0.5, 0.6) is 5.88 Å². The fourth-order valence-electron chi connectivity index (χ4n) is 1.51. The van der Waals surface area contributed by atoms with E-state index in [2.05, 4.69) is 10.3 Å².